The topological polar surface area (TPSA) is 96.9 Å². The molecule has 0 saturated carbocycles. The van der Waals surface area contributed by atoms with Gasteiger partial charge in [-0.15, -0.1) is 10.2 Å². The Bertz CT molecular complexity index is 558. The van der Waals surface area contributed by atoms with E-state index in [-0.39, 0.29) is 12.0 Å². The van der Waals surface area contributed by atoms with Gasteiger partial charge in [-0.1, -0.05) is 0 Å². The highest BCUT2D eigenvalue weighted by Crippen LogP contribution is 2.09. The van der Waals surface area contributed by atoms with E-state index in [9.17, 15) is 9.59 Å². The second kappa shape index (κ2) is 9.77. The van der Waals surface area contributed by atoms with Crippen LogP contribution in [0.4, 0.5) is 10.6 Å². The molecule has 0 bridgehead atoms. The van der Waals surface area contributed by atoms with Gasteiger partial charge in [-0.2, -0.15) is 0 Å². The maximum absolute atomic E-state index is 12.5. The zero-order chi connectivity index (χ0) is 18.1. The first-order valence-electron chi connectivity index (χ1n) is 8.43. The van der Waals surface area contributed by atoms with Crippen molar-refractivity contribution in [2.45, 2.75) is 13.3 Å². The number of amides is 2. The fourth-order valence-electron chi connectivity index (χ4n) is 2.44. The van der Waals surface area contributed by atoms with Crippen molar-refractivity contribution in [3.05, 3.63) is 17.8 Å². The van der Waals surface area contributed by atoms with Crippen molar-refractivity contribution in [3.63, 3.8) is 0 Å². The number of carbonyl (C=O) groups excluding carboxylic acids is 2. The molecule has 0 aromatic carbocycles. The van der Waals surface area contributed by atoms with Crippen molar-refractivity contribution >= 4 is 17.8 Å². The van der Waals surface area contributed by atoms with Gasteiger partial charge in [-0.05, 0) is 25.5 Å². The summed E-state index contributed by atoms with van der Waals surface area (Å²) in [6.45, 7) is 5.34. The van der Waals surface area contributed by atoms with Gasteiger partial charge in [-0.25, -0.2) is 4.79 Å². The van der Waals surface area contributed by atoms with Crippen molar-refractivity contribution in [1.82, 2.24) is 20.0 Å². The average molecular weight is 351 g/mol. The molecule has 9 nitrogen and oxygen atoms in total. The number of rotatable bonds is 7. The number of anilines is 1. The van der Waals surface area contributed by atoms with E-state index in [2.05, 4.69) is 15.5 Å². The Morgan fingerprint density at radius 2 is 1.88 bits per heavy atom. The normalized spacial score (nSPS) is 14.3. The minimum atomic E-state index is -0.335. The van der Waals surface area contributed by atoms with Crippen LogP contribution < -0.4 is 5.32 Å². The van der Waals surface area contributed by atoms with E-state index in [1.807, 2.05) is 0 Å². The average Bonchev–Trinajstić information content (AvgIpc) is 2.65. The third kappa shape index (κ3) is 5.56. The zero-order valence-corrected chi connectivity index (χ0v) is 14.7. The number of ether oxygens (including phenoxy) is 2. The number of hydrogen-bond acceptors (Lipinski definition) is 7. The largest absolute Gasteiger partial charge is 0.450 e. The van der Waals surface area contributed by atoms with Crippen LogP contribution in [0.15, 0.2) is 12.1 Å². The Hall–Kier alpha value is -2.42. The highest BCUT2D eigenvalue weighted by Gasteiger charge is 2.26. The standard InChI is InChI=1S/C16H25N5O4/c1-3-25-16(23)21-10-8-20(9-11-21)15(22)13-5-6-14(19-18-13)17-7-4-12-24-2/h5-6H,3-4,7-12H2,1-2H3,(H,17,19). The van der Waals surface area contributed by atoms with Crippen LogP contribution in [0.5, 0.6) is 0 Å². The summed E-state index contributed by atoms with van der Waals surface area (Å²) < 4.78 is 9.94. The minimum Gasteiger partial charge on any atom is -0.450 e. The minimum absolute atomic E-state index is 0.179. The molecule has 0 unspecified atom stereocenters. The van der Waals surface area contributed by atoms with Gasteiger partial charge in [0, 0.05) is 46.4 Å². The Morgan fingerprint density at radius 1 is 1.16 bits per heavy atom. The number of aromatic nitrogens is 2. The molecule has 1 aromatic rings. The molecule has 2 amide bonds. The van der Waals surface area contributed by atoms with Gasteiger partial charge in [0.1, 0.15) is 5.82 Å². The smallest absolute Gasteiger partial charge is 0.409 e. The van der Waals surface area contributed by atoms with Gasteiger partial charge >= 0.3 is 6.09 Å². The Labute approximate surface area is 147 Å². The third-order valence-corrected chi connectivity index (χ3v) is 3.81. The van der Waals surface area contributed by atoms with Crippen LogP contribution in [0.25, 0.3) is 0 Å². The molecule has 0 atom stereocenters. The lowest BCUT2D eigenvalue weighted by atomic mass is 10.2. The molecule has 1 aliphatic rings. The van der Waals surface area contributed by atoms with E-state index in [4.69, 9.17) is 9.47 Å². The van der Waals surface area contributed by atoms with Crippen LogP contribution in [0.3, 0.4) is 0 Å². The van der Waals surface area contributed by atoms with Crippen molar-refractivity contribution in [2.75, 3.05) is 58.4 Å². The van der Waals surface area contributed by atoms with Crippen LogP contribution in [-0.4, -0.2) is 85.0 Å². The van der Waals surface area contributed by atoms with Gasteiger partial charge in [0.25, 0.3) is 5.91 Å². The Kier molecular flexibility index (Phi) is 7.39. The fourth-order valence-corrected chi connectivity index (χ4v) is 2.44. The van der Waals surface area contributed by atoms with Gasteiger partial charge in [0.05, 0.1) is 6.61 Å². The van der Waals surface area contributed by atoms with Crippen LogP contribution in [-0.2, 0) is 9.47 Å². The number of hydrogen-bond donors (Lipinski definition) is 1. The predicted octanol–water partition coefficient (Wildman–Crippen LogP) is 0.839. The SMILES string of the molecule is CCOC(=O)N1CCN(C(=O)c2ccc(NCCCOC)nn2)CC1. The van der Waals surface area contributed by atoms with Crippen molar-refractivity contribution in [2.24, 2.45) is 0 Å². The maximum Gasteiger partial charge on any atom is 0.409 e. The van der Waals surface area contributed by atoms with Crippen molar-refractivity contribution in [1.29, 1.82) is 0 Å². The summed E-state index contributed by atoms with van der Waals surface area (Å²) in [5, 5.41) is 11.1. The quantitative estimate of drug-likeness (QED) is 0.727. The number of carbonyl (C=O) groups is 2. The number of nitrogens with one attached hydrogen (secondary N) is 1. The number of piperazine rings is 1. The first kappa shape index (κ1) is 18.9. The van der Waals surface area contributed by atoms with Crippen molar-refractivity contribution in [3.8, 4) is 0 Å². The zero-order valence-electron chi connectivity index (χ0n) is 14.7. The Balaban J connectivity index is 1.82. The van der Waals surface area contributed by atoms with Gasteiger partial charge < -0.3 is 24.6 Å². The number of nitrogens with zero attached hydrogens (tertiary/aromatic N) is 4. The summed E-state index contributed by atoms with van der Waals surface area (Å²) in [6.07, 6.45) is 0.530. The lowest BCUT2D eigenvalue weighted by molar-refractivity contribution is 0.0565. The van der Waals surface area contributed by atoms with Gasteiger partial charge in [0.15, 0.2) is 5.69 Å². The summed E-state index contributed by atoms with van der Waals surface area (Å²) in [7, 11) is 1.66. The summed E-state index contributed by atoms with van der Waals surface area (Å²) in [5.41, 5.74) is 0.298. The molecular formula is C16H25N5O4. The lowest BCUT2D eigenvalue weighted by Crippen LogP contribution is -2.50. The van der Waals surface area contributed by atoms with Gasteiger partial charge in [0.2, 0.25) is 0 Å². The van der Waals surface area contributed by atoms with E-state index in [0.717, 1.165) is 13.0 Å². The van der Waals surface area contributed by atoms with E-state index >= 15 is 0 Å². The predicted molar refractivity (Wildman–Crippen MR) is 91.5 cm³/mol. The summed E-state index contributed by atoms with van der Waals surface area (Å²) in [6, 6.07) is 3.40. The highest BCUT2D eigenvalue weighted by molar-refractivity contribution is 5.92. The van der Waals surface area contributed by atoms with Crippen LogP contribution in [0.1, 0.15) is 23.8 Å². The second-order valence-corrected chi connectivity index (χ2v) is 5.56. The molecule has 1 aliphatic heterocycles. The van der Waals surface area contributed by atoms with Crippen LogP contribution in [0, 0.1) is 0 Å². The van der Waals surface area contributed by atoms with Crippen LogP contribution in [0.2, 0.25) is 0 Å². The number of methoxy groups -OCH3 is 1. The molecule has 9 heteroatoms. The molecule has 2 rings (SSSR count). The van der Waals surface area contributed by atoms with E-state index < -0.39 is 0 Å². The van der Waals surface area contributed by atoms with Gasteiger partial charge in [-0.3, -0.25) is 4.79 Å². The molecule has 1 fully saturated rings. The summed E-state index contributed by atoms with van der Waals surface area (Å²) >= 11 is 0. The fraction of sp³-hybridized carbons (Fsp3) is 0.625. The molecular weight excluding hydrogens is 326 g/mol. The summed E-state index contributed by atoms with van der Waals surface area (Å²) in [4.78, 5) is 27.4. The second-order valence-electron chi connectivity index (χ2n) is 5.56. The van der Waals surface area contributed by atoms with E-state index in [0.29, 0.717) is 50.9 Å². The molecule has 138 valence electrons. The monoisotopic (exact) mass is 351 g/mol. The third-order valence-electron chi connectivity index (χ3n) is 3.81. The summed E-state index contributed by atoms with van der Waals surface area (Å²) in [5.74, 6) is 0.446. The van der Waals surface area contributed by atoms with E-state index in [1.165, 1.54) is 0 Å². The molecule has 0 spiro atoms. The first-order chi connectivity index (χ1) is 12.2. The molecule has 1 aromatic heterocycles. The first-order valence-corrected chi connectivity index (χ1v) is 8.43. The lowest BCUT2D eigenvalue weighted by Gasteiger charge is -2.33. The Morgan fingerprint density at radius 3 is 2.48 bits per heavy atom. The molecule has 2 heterocycles. The molecule has 0 radical (unpaired) electrons. The van der Waals surface area contributed by atoms with Crippen molar-refractivity contribution < 1.29 is 19.1 Å². The highest BCUT2D eigenvalue weighted by atomic mass is 16.6. The maximum atomic E-state index is 12.5. The van der Waals surface area contributed by atoms with Crippen LogP contribution >= 0.6 is 0 Å². The molecule has 1 N–H and O–H groups in total. The molecule has 0 aliphatic carbocycles. The van der Waals surface area contributed by atoms with E-state index in [1.54, 1.807) is 36.0 Å². The molecule has 25 heavy (non-hydrogen) atoms. The molecule has 1 saturated heterocycles.